The van der Waals surface area contributed by atoms with Crippen molar-refractivity contribution in [2.75, 3.05) is 13.2 Å². The Balaban J connectivity index is 3.69. The zero-order valence-corrected chi connectivity index (χ0v) is 22.5. The summed E-state index contributed by atoms with van der Waals surface area (Å²) >= 11 is 0. The van der Waals surface area contributed by atoms with Gasteiger partial charge in [0.1, 0.15) is 0 Å². The normalized spacial score (nSPS) is 11.0. The number of unbranched alkanes of at least 4 members (excludes halogenated alkanes) is 12. The molecular formula is C28H52O2Si. The van der Waals surface area contributed by atoms with E-state index in [0.717, 1.165) is 51.0 Å². The average molecular weight is 449 g/mol. The van der Waals surface area contributed by atoms with E-state index in [1.807, 2.05) is 0 Å². The van der Waals surface area contributed by atoms with E-state index < -0.39 is 8.56 Å². The van der Waals surface area contributed by atoms with Gasteiger partial charge in [0.05, 0.1) is 0 Å². The molecule has 0 unspecified atom stereocenters. The van der Waals surface area contributed by atoms with Gasteiger partial charge in [-0.05, 0) is 37.8 Å². The molecule has 0 radical (unpaired) electrons. The van der Waals surface area contributed by atoms with Crippen molar-refractivity contribution in [2.45, 2.75) is 143 Å². The van der Waals surface area contributed by atoms with Gasteiger partial charge in [0.25, 0.3) is 0 Å². The molecule has 0 fully saturated rings. The quantitative estimate of drug-likeness (QED) is 0.105. The summed E-state index contributed by atoms with van der Waals surface area (Å²) in [6.45, 7) is 10.5. The summed E-state index contributed by atoms with van der Waals surface area (Å²) in [5, 5.41) is 0. The van der Waals surface area contributed by atoms with Gasteiger partial charge in [-0.3, -0.25) is 0 Å². The molecule has 3 heteroatoms. The molecule has 0 aromatic carbocycles. The van der Waals surface area contributed by atoms with Crippen LogP contribution < -0.4 is 0 Å². The lowest BCUT2D eigenvalue weighted by atomic mass is 10.1. The average Bonchev–Trinajstić information content (AvgIpc) is 2.79. The molecular weight excluding hydrogens is 396 g/mol. The molecule has 0 amide bonds. The molecule has 0 saturated carbocycles. The van der Waals surface area contributed by atoms with Crippen molar-refractivity contribution in [1.82, 2.24) is 0 Å². The topological polar surface area (TPSA) is 18.5 Å². The minimum Gasteiger partial charge on any atom is -0.394 e. The van der Waals surface area contributed by atoms with Crippen molar-refractivity contribution in [2.24, 2.45) is 0 Å². The summed E-state index contributed by atoms with van der Waals surface area (Å²) in [6, 6.07) is 2.14. The Morgan fingerprint density at radius 2 is 0.806 bits per heavy atom. The van der Waals surface area contributed by atoms with Gasteiger partial charge in [0.15, 0.2) is 0 Å². The van der Waals surface area contributed by atoms with E-state index in [0.29, 0.717) is 0 Å². The van der Waals surface area contributed by atoms with Gasteiger partial charge in [-0.2, -0.15) is 0 Å². The molecule has 0 saturated heterocycles. The Bertz CT molecular complexity index is 449. The zero-order valence-electron chi connectivity index (χ0n) is 21.5. The van der Waals surface area contributed by atoms with E-state index in [1.54, 1.807) is 0 Å². The Labute approximate surface area is 196 Å². The molecule has 31 heavy (non-hydrogen) atoms. The largest absolute Gasteiger partial charge is 0.394 e. The predicted molar refractivity (Wildman–Crippen MR) is 139 cm³/mol. The molecule has 0 heterocycles. The molecule has 0 atom stereocenters. The van der Waals surface area contributed by atoms with Crippen LogP contribution in [0.2, 0.25) is 12.1 Å². The van der Waals surface area contributed by atoms with Crippen LogP contribution in [0, 0.1) is 23.7 Å². The molecule has 0 rings (SSSR count). The fourth-order valence-electron chi connectivity index (χ4n) is 3.69. The minimum atomic E-state index is -1.96. The van der Waals surface area contributed by atoms with Crippen LogP contribution in [0.5, 0.6) is 0 Å². The first-order chi connectivity index (χ1) is 15.2. The molecule has 0 aromatic heterocycles. The summed E-state index contributed by atoms with van der Waals surface area (Å²) in [7, 11) is -1.96. The van der Waals surface area contributed by atoms with Crippen molar-refractivity contribution >= 4 is 8.56 Å². The van der Waals surface area contributed by atoms with Crippen molar-refractivity contribution < 1.29 is 8.85 Å². The first-order valence-electron chi connectivity index (χ1n) is 13.4. The lowest BCUT2D eigenvalue weighted by molar-refractivity contribution is 0.163. The summed E-state index contributed by atoms with van der Waals surface area (Å²) in [5.41, 5.74) is 0. The van der Waals surface area contributed by atoms with Crippen LogP contribution in [0.4, 0.5) is 0 Å². The van der Waals surface area contributed by atoms with Crippen LogP contribution in [0.3, 0.4) is 0 Å². The van der Waals surface area contributed by atoms with Crippen molar-refractivity contribution in [3.05, 3.63) is 0 Å². The van der Waals surface area contributed by atoms with Crippen LogP contribution in [0.25, 0.3) is 0 Å². The van der Waals surface area contributed by atoms with Crippen LogP contribution in [-0.2, 0) is 8.85 Å². The molecule has 0 bridgehead atoms. The maximum atomic E-state index is 6.38. The third kappa shape index (κ3) is 19.7. The van der Waals surface area contributed by atoms with Gasteiger partial charge in [0, 0.05) is 38.9 Å². The van der Waals surface area contributed by atoms with Crippen molar-refractivity contribution in [1.29, 1.82) is 0 Å². The fourth-order valence-corrected chi connectivity index (χ4v) is 6.12. The van der Waals surface area contributed by atoms with Gasteiger partial charge in [-0.25, -0.2) is 0 Å². The first kappa shape index (κ1) is 30.3. The van der Waals surface area contributed by atoms with E-state index in [1.165, 1.54) is 77.0 Å². The summed E-state index contributed by atoms with van der Waals surface area (Å²) in [5.74, 6) is 12.8. The molecule has 0 aromatic rings. The van der Waals surface area contributed by atoms with Crippen LogP contribution in [0.1, 0.15) is 130 Å². The van der Waals surface area contributed by atoms with Crippen molar-refractivity contribution in [3.8, 4) is 23.7 Å². The lowest BCUT2D eigenvalue weighted by Gasteiger charge is -2.29. The second-order valence-electron chi connectivity index (χ2n) is 8.47. The van der Waals surface area contributed by atoms with Crippen LogP contribution >= 0.6 is 0 Å². The molecule has 0 aliphatic carbocycles. The third-order valence-electron chi connectivity index (χ3n) is 5.80. The predicted octanol–water partition coefficient (Wildman–Crippen LogP) is 8.79. The van der Waals surface area contributed by atoms with E-state index in [9.17, 15) is 0 Å². The highest BCUT2D eigenvalue weighted by Gasteiger charge is 2.33. The summed E-state index contributed by atoms with van der Waals surface area (Å²) < 4.78 is 12.8. The monoisotopic (exact) mass is 448 g/mol. The summed E-state index contributed by atoms with van der Waals surface area (Å²) in [4.78, 5) is 0. The smallest absolute Gasteiger partial charge is 0.337 e. The number of rotatable bonds is 20. The lowest BCUT2D eigenvalue weighted by Crippen LogP contribution is -2.41. The molecule has 2 nitrogen and oxygen atoms in total. The summed E-state index contributed by atoms with van der Waals surface area (Å²) in [6.07, 6.45) is 19.5. The van der Waals surface area contributed by atoms with Gasteiger partial charge in [-0.1, -0.05) is 79.1 Å². The van der Waals surface area contributed by atoms with E-state index in [-0.39, 0.29) is 0 Å². The second kappa shape index (κ2) is 23.9. The highest BCUT2D eigenvalue weighted by Crippen LogP contribution is 2.20. The zero-order chi connectivity index (χ0) is 22.9. The first-order valence-corrected chi connectivity index (χ1v) is 15.7. The highest BCUT2D eigenvalue weighted by atomic mass is 28.4. The molecule has 0 N–H and O–H groups in total. The Kier molecular flexibility index (Phi) is 23.3. The van der Waals surface area contributed by atoms with Gasteiger partial charge in [-0.15, -0.1) is 23.7 Å². The Morgan fingerprint density at radius 3 is 1.16 bits per heavy atom. The molecule has 0 aliphatic rings. The molecule has 0 aliphatic heterocycles. The SMILES string of the molecule is CCC#CCCCCCCCCO[Si](CC)(CC)OCCCCCCCCC#CCC. The van der Waals surface area contributed by atoms with Gasteiger partial charge < -0.3 is 8.85 Å². The second-order valence-corrected chi connectivity index (χ2v) is 12.3. The highest BCUT2D eigenvalue weighted by molar-refractivity contribution is 6.67. The maximum Gasteiger partial charge on any atom is 0.337 e. The Hall–Kier alpha value is -0.743. The van der Waals surface area contributed by atoms with Gasteiger partial charge >= 0.3 is 8.56 Å². The molecule has 0 spiro atoms. The minimum absolute atomic E-state index is 0.886. The number of hydrogen-bond donors (Lipinski definition) is 0. The van der Waals surface area contributed by atoms with E-state index in [2.05, 4.69) is 51.4 Å². The van der Waals surface area contributed by atoms with E-state index >= 15 is 0 Å². The molecule has 180 valence electrons. The third-order valence-corrected chi connectivity index (χ3v) is 9.42. The van der Waals surface area contributed by atoms with Crippen LogP contribution in [0.15, 0.2) is 0 Å². The standard InChI is InChI=1S/C28H52O2Si/c1-5-9-11-13-15-17-19-21-23-25-27-29-31(7-3,8-4)30-28-26-24-22-20-18-16-14-12-10-6-2/h5-8,13-28H2,1-4H3. The fraction of sp³-hybridized carbons (Fsp3) is 0.857. The van der Waals surface area contributed by atoms with Crippen LogP contribution in [-0.4, -0.2) is 21.8 Å². The van der Waals surface area contributed by atoms with Crippen molar-refractivity contribution in [3.63, 3.8) is 0 Å². The maximum absolute atomic E-state index is 6.38. The van der Waals surface area contributed by atoms with E-state index in [4.69, 9.17) is 8.85 Å². The number of hydrogen-bond acceptors (Lipinski definition) is 2. The van der Waals surface area contributed by atoms with Gasteiger partial charge in [0.2, 0.25) is 0 Å². The Morgan fingerprint density at radius 1 is 0.452 bits per heavy atom.